The molecule has 1 aromatic carbocycles. The van der Waals surface area contributed by atoms with Crippen molar-refractivity contribution >= 4 is 17.2 Å². The van der Waals surface area contributed by atoms with Crippen molar-refractivity contribution < 1.29 is 4.79 Å². The van der Waals surface area contributed by atoms with E-state index < -0.39 is 0 Å². The van der Waals surface area contributed by atoms with Crippen LogP contribution in [-0.4, -0.2) is 13.0 Å². The molecular formula is C18H31NO. The summed E-state index contributed by atoms with van der Waals surface area (Å²) in [5, 5.41) is 0. The van der Waals surface area contributed by atoms with Crippen LogP contribution in [0.15, 0.2) is 29.8 Å². The second kappa shape index (κ2) is 10.2. The van der Waals surface area contributed by atoms with Crippen LogP contribution < -0.4 is 4.90 Å². The van der Waals surface area contributed by atoms with Crippen molar-refractivity contribution in [3.8, 4) is 0 Å². The summed E-state index contributed by atoms with van der Waals surface area (Å²) in [5.41, 5.74) is 4.14. The summed E-state index contributed by atoms with van der Waals surface area (Å²) in [4.78, 5) is 13.8. The Bertz CT molecular complexity index is 446. The molecule has 0 spiro atoms. The number of hydrogen-bond donors (Lipinski definition) is 0. The summed E-state index contributed by atoms with van der Waals surface area (Å²) in [5.74, 6) is 0.121. The minimum absolute atomic E-state index is 0. The van der Waals surface area contributed by atoms with Gasteiger partial charge in [-0.2, -0.15) is 0 Å². The Morgan fingerprint density at radius 3 is 2.10 bits per heavy atom. The van der Waals surface area contributed by atoms with Gasteiger partial charge in [0.05, 0.1) is 5.69 Å². The molecular weight excluding hydrogens is 246 g/mol. The average Bonchev–Trinajstić information content (AvgIpc) is 2.75. The number of hydrogen-bond acceptors (Lipinski definition) is 1. The Balaban J connectivity index is 0. The normalized spacial score (nSPS) is 14.2. The highest BCUT2D eigenvalue weighted by atomic mass is 16.2. The third-order valence-corrected chi connectivity index (χ3v) is 3.01. The molecule has 1 aliphatic rings. The predicted molar refractivity (Wildman–Crippen MR) is 92.2 cm³/mol. The van der Waals surface area contributed by atoms with Crippen LogP contribution in [0, 0.1) is 0 Å². The molecule has 1 heterocycles. The zero-order valence-electron chi connectivity index (χ0n) is 13.4. The Morgan fingerprint density at radius 2 is 1.60 bits per heavy atom. The lowest BCUT2D eigenvalue weighted by Crippen LogP contribution is -2.20. The molecule has 0 saturated heterocycles. The van der Waals surface area contributed by atoms with E-state index in [0.717, 1.165) is 28.8 Å². The number of amides is 1. The molecule has 2 heteroatoms. The van der Waals surface area contributed by atoms with E-state index in [1.54, 1.807) is 4.90 Å². The van der Waals surface area contributed by atoms with E-state index in [1.165, 1.54) is 0 Å². The van der Waals surface area contributed by atoms with E-state index in [1.807, 2.05) is 65.9 Å². The molecule has 1 aromatic rings. The van der Waals surface area contributed by atoms with Crippen LogP contribution in [0.2, 0.25) is 0 Å². The Hall–Kier alpha value is -1.57. The van der Waals surface area contributed by atoms with Gasteiger partial charge in [-0.15, -0.1) is 0 Å². The zero-order chi connectivity index (χ0) is 15.0. The Kier molecular flexibility index (Phi) is 10.6. The highest BCUT2D eigenvalue weighted by Gasteiger charge is 2.30. The number of rotatable bonds is 1. The molecule has 20 heavy (non-hydrogen) atoms. The Morgan fingerprint density at radius 1 is 1.10 bits per heavy atom. The fraction of sp³-hybridized carbons (Fsp3) is 0.500. The van der Waals surface area contributed by atoms with Crippen molar-refractivity contribution in [2.45, 2.75) is 55.4 Å². The van der Waals surface area contributed by atoms with Crippen LogP contribution in [0.1, 0.15) is 61.0 Å². The summed E-state index contributed by atoms with van der Waals surface area (Å²) in [6, 6.07) is 7.95. The van der Waals surface area contributed by atoms with Gasteiger partial charge in [0.2, 0.25) is 0 Å². The summed E-state index contributed by atoms with van der Waals surface area (Å²) in [7, 11) is 1.83. The molecule has 0 radical (unpaired) electrons. The maximum Gasteiger partial charge on any atom is 0.258 e. The number of carbonyl (C=O) groups is 1. The summed E-state index contributed by atoms with van der Waals surface area (Å²) >= 11 is 0. The molecule has 0 aromatic heterocycles. The molecule has 0 atom stereocenters. The number of allylic oxidation sites excluding steroid dienone is 1. The third-order valence-electron chi connectivity index (χ3n) is 3.01. The standard InChI is InChI=1S/C13H15NO.2C2H6.CH4/c1-4-9(2)12-10-7-5-6-8-11(10)14(3)13(12)15;2*1-2;/h5-8H,4H2,1-3H3;2*1-2H3;1H4/b12-9-;;;. The van der Waals surface area contributed by atoms with Crippen LogP contribution in [0.3, 0.4) is 0 Å². The molecule has 1 amide bonds. The van der Waals surface area contributed by atoms with Gasteiger partial charge >= 0.3 is 0 Å². The van der Waals surface area contributed by atoms with Crippen molar-refractivity contribution in [2.24, 2.45) is 0 Å². The quantitative estimate of drug-likeness (QED) is 0.618. The number of nitrogens with zero attached hydrogens (tertiary/aromatic N) is 1. The number of benzene rings is 1. The monoisotopic (exact) mass is 277 g/mol. The first-order valence-corrected chi connectivity index (χ1v) is 7.24. The third kappa shape index (κ3) is 3.96. The molecule has 114 valence electrons. The smallest absolute Gasteiger partial charge is 0.258 e. The van der Waals surface area contributed by atoms with Gasteiger partial charge in [0.15, 0.2) is 0 Å². The average molecular weight is 277 g/mol. The second-order valence-corrected chi connectivity index (χ2v) is 3.89. The van der Waals surface area contributed by atoms with Crippen LogP contribution in [-0.2, 0) is 4.79 Å². The van der Waals surface area contributed by atoms with Crippen LogP contribution in [0.5, 0.6) is 0 Å². The van der Waals surface area contributed by atoms with Crippen molar-refractivity contribution in [3.63, 3.8) is 0 Å². The van der Waals surface area contributed by atoms with Crippen LogP contribution in [0.25, 0.3) is 5.57 Å². The minimum atomic E-state index is 0. The zero-order valence-corrected chi connectivity index (χ0v) is 13.4. The van der Waals surface area contributed by atoms with Gasteiger partial charge in [-0.25, -0.2) is 0 Å². The van der Waals surface area contributed by atoms with Crippen molar-refractivity contribution in [1.29, 1.82) is 0 Å². The van der Waals surface area contributed by atoms with Gasteiger partial charge in [0.25, 0.3) is 5.91 Å². The molecule has 2 rings (SSSR count). The molecule has 0 bridgehead atoms. The van der Waals surface area contributed by atoms with Crippen molar-refractivity contribution in [1.82, 2.24) is 0 Å². The topological polar surface area (TPSA) is 20.3 Å². The molecule has 2 nitrogen and oxygen atoms in total. The summed E-state index contributed by atoms with van der Waals surface area (Å²) in [6.45, 7) is 12.1. The van der Waals surface area contributed by atoms with Crippen molar-refractivity contribution in [3.05, 3.63) is 35.4 Å². The van der Waals surface area contributed by atoms with E-state index in [2.05, 4.69) is 6.92 Å². The van der Waals surface area contributed by atoms with Crippen molar-refractivity contribution in [2.75, 3.05) is 11.9 Å². The lowest BCUT2D eigenvalue weighted by Gasteiger charge is -2.08. The molecule has 0 N–H and O–H groups in total. The highest BCUT2D eigenvalue weighted by Crippen LogP contribution is 2.37. The lowest BCUT2D eigenvalue weighted by molar-refractivity contribution is -0.112. The van der Waals surface area contributed by atoms with E-state index >= 15 is 0 Å². The molecule has 0 fully saturated rings. The first-order chi connectivity index (χ1) is 9.16. The summed E-state index contributed by atoms with van der Waals surface area (Å²) < 4.78 is 0. The number of likely N-dealkylation sites (N-methyl/N-ethyl adjacent to an activating group) is 1. The first kappa shape index (κ1) is 20.7. The van der Waals surface area contributed by atoms with Gasteiger partial charge in [0, 0.05) is 18.2 Å². The van der Waals surface area contributed by atoms with Gasteiger partial charge in [-0.05, 0) is 19.4 Å². The molecule has 0 saturated carbocycles. The van der Waals surface area contributed by atoms with Gasteiger partial charge in [-0.3, -0.25) is 4.79 Å². The molecule has 0 aliphatic carbocycles. The lowest BCUT2D eigenvalue weighted by atomic mass is 10.0. The molecule has 1 aliphatic heterocycles. The predicted octanol–water partition coefficient (Wildman–Crippen LogP) is 5.54. The highest BCUT2D eigenvalue weighted by molar-refractivity contribution is 6.32. The largest absolute Gasteiger partial charge is 0.311 e. The maximum absolute atomic E-state index is 12.0. The number of para-hydroxylation sites is 1. The van der Waals surface area contributed by atoms with Gasteiger partial charge in [0.1, 0.15) is 0 Å². The van der Waals surface area contributed by atoms with Crippen LogP contribution >= 0.6 is 0 Å². The number of carbonyl (C=O) groups excluding carboxylic acids is 1. The Labute approximate surface area is 125 Å². The fourth-order valence-electron chi connectivity index (χ4n) is 1.96. The summed E-state index contributed by atoms with van der Waals surface area (Å²) in [6.07, 6.45) is 0.920. The fourth-order valence-corrected chi connectivity index (χ4v) is 1.96. The van der Waals surface area contributed by atoms with Crippen LogP contribution in [0.4, 0.5) is 5.69 Å². The minimum Gasteiger partial charge on any atom is -0.311 e. The first-order valence-electron chi connectivity index (χ1n) is 7.24. The number of fused-ring (bicyclic) bond motifs is 1. The maximum atomic E-state index is 12.0. The van der Waals surface area contributed by atoms with E-state index in [9.17, 15) is 4.79 Å². The second-order valence-electron chi connectivity index (χ2n) is 3.89. The van der Waals surface area contributed by atoms with Gasteiger partial charge in [-0.1, -0.05) is 65.8 Å². The number of anilines is 1. The van der Waals surface area contributed by atoms with Gasteiger partial charge < -0.3 is 4.90 Å². The van der Waals surface area contributed by atoms with E-state index in [4.69, 9.17) is 0 Å². The molecule has 0 unspecified atom stereocenters. The SMILES string of the molecule is C.CC.CC.CC/C(C)=C1\C(=O)N(C)c2ccccc21. The van der Waals surface area contributed by atoms with E-state index in [-0.39, 0.29) is 13.3 Å². The van der Waals surface area contributed by atoms with E-state index in [0.29, 0.717) is 0 Å².